The van der Waals surface area contributed by atoms with Gasteiger partial charge in [0.2, 0.25) is 0 Å². The molecule has 0 spiro atoms. The highest BCUT2D eigenvalue weighted by Gasteiger charge is 2.26. The van der Waals surface area contributed by atoms with E-state index in [0.717, 1.165) is 26.4 Å². The van der Waals surface area contributed by atoms with Crippen LogP contribution in [0.1, 0.15) is 39.0 Å². The molecule has 1 saturated carbocycles. The Bertz CT molecular complexity index is 190. The van der Waals surface area contributed by atoms with Crippen LogP contribution in [0.2, 0.25) is 0 Å². The van der Waals surface area contributed by atoms with Crippen molar-refractivity contribution in [2.45, 2.75) is 51.2 Å². The van der Waals surface area contributed by atoms with Gasteiger partial charge >= 0.3 is 0 Å². The van der Waals surface area contributed by atoms with E-state index in [0.29, 0.717) is 18.1 Å². The molecule has 1 N–H and O–H groups in total. The maximum absolute atomic E-state index is 6.09. The Kier molecular flexibility index (Phi) is 5.07. The molecule has 94 valence electrons. The van der Waals surface area contributed by atoms with Crippen molar-refractivity contribution in [1.29, 1.82) is 0 Å². The lowest BCUT2D eigenvalue weighted by atomic mass is 9.92. The Labute approximate surface area is 98.9 Å². The Morgan fingerprint density at radius 2 is 2.12 bits per heavy atom. The number of hydrogen-bond donors (Lipinski definition) is 1. The molecule has 3 nitrogen and oxygen atoms in total. The van der Waals surface area contributed by atoms with E-state index in [9.17, 15) is 0 Å². The van der Waals surface area contributed by atoms with E-state index in [1.165, 1.54) is 32.1 Å². The van der Waals surface area contributed by atoms with Gasteiger partial charge in [0.1, 0.15) is 0 Å². The van der Waals surface area contributed by atoms with Crippen LogP contribution in [0.25, 0.3) is 0 Å². The smallest absolute Gasteiger partial charge is 0.0728 e. The summed E-state index contributed by atoms with van der Waals surface area (Å²) < 4.78 is 11.5. The van der Waals surface area contributed by atoms with Crippen LogP contribution in [-0.2, 0) is 9.47 Å². The van der Waals surface area contributed by atoms with Gasteiger partial charge in [0, 0.05) is 18.6 Å². The van der Waals surface area contributed by atoms with Crippen LogP contribution in [0.4, 0.5) is 0 Å². The Morgan fingerprint density at radius 3 is 2.88 bits per heavy atom. The van der Waals surface area contributed by atoms with Gasteiger partial charge in [0.05, 0.1) is 19.3 Å². The molecule has 1 aliphatic heterocycles. The molecule has 0 aromatic carbocycles. The van der Waals surface area contributed by atoms with Crippen molar-refractivity contribution in [3.8, 4) is 0 Å². The zero-order valence-corrected chi connectivity index (χ0v) is 10.4. The second-order valence-electron chi connectivity index (χ2n) is 5.05. The van der Waals surface area contributed by atoms with E-state index in [1.807, 2.05) is 0 Å². The summed E-state index contributed by atoms with van der Waals surface area (Å²) in [6, 6.07) is 0.584. The lowest BCUT2D eigenvalue weighted by Gasteiger charge is -2.32. The summed E-state index contributed by atoms with van der Waals surface area (Å²) in [4.78, 5) is 0. The number of ether oxygens (including phenoxy) is 2. The number of nitrogens with one attached hydrogen (secondary N) is 1. The Morgan fingerprint density at radius 1 is 1.25 bits per heavy atom. The lowest BCUT2D eigenvalue weighted by Crippen LogP contribution is -2.44. The molecule has 2 rings (SSSR count). The van der Waals surface area contributed by atoms with Crippen LogP contribution < -0.4 is 5.32 Å². The summed E-state index contributed by atoms with van der Waals surface area (Å²) >= 11 is 0. The predicted molar refractivity (Wildman–Crippen MR) is 64.6 cm³/mol. The molecule has 3 unspecified atom stereocenters. The monoisotopic (exact) mass is 227 g/mol. The topological polar surface area (TPSA) is 30.5 Å². The molecule has 16 heavy (non-hydrogen) atoms. The summed E-state index contributed by atoms with van der Waals surface area (Å²) in [5, 5.41) is 3.55. The van der Waals surface area contributed by atoms with E-state index in [4.69, 9.17) is 9.47 Å². The first-order chi connectivity index (χ1) is 7.90. The summed E-state index contributed by atoms with van der Waals surface area (Å²) in [5.74, 6) is 0.643. The summed E-state index contributed by atoms with van der Waals surface area (Å²) in [7, 11) is 0. The molecule has 3 atom stereocenters. The molecular weight excluding hydrogens is 202 g/mol. The molecule has 2 fully saturated rings. The standard InChI is InChI=1S/C13H25NO2/c1-2-14-12-5-3-4-6-13(12)16-10-11-7-8-15-9-11/h11-14H,2-10H2,1H3. The van der Waals surface area contributed by atoms with Gasteiger partial charge in [-0.2, -0.15) is 0 Å². The Balaban J connectivity index is 1.72. The van der Waals surface area contributed by atoms with Crippen molar-refractivity contribution >= 4 is 0 Å². The maximum Gasteiger partial charge on any atom is 0.0728 e. The zero-order valence-electron chi connectivity index (χ0n) is 10.4. The zero-order chi connectivity index (χ0) is 11.2. The average molecular weight is 227 g/mol. The molecule has 1 saturated heterocycles. The summed E-state index contributed by atoms with van der Waals surface area (Å²) in [6.45, 7) is 5.95. The molecular formula is C13H25NO2. The van der Waals surface area contributed by atoms with Crippen LogP contribution in [0.5, 0.6) is 0 Å². The third-order valence-electron chi connectivity index (χ3n) is 3.74. The fourth-order valence-electron chi connectivity index (χ4n) is 2.77. The molecule has 0 bridgehead atoms. The van der Waals surface area contributed by atoms with Crippen molar-refractivity contribution in [2.24, 2.45) is 5.92 Å². The van der Waals surface area contributed by atoms with Crippen LogP contribution in [-0.4, -0.2) is 38.5 Å². The molecule has 1 aliphatic carbocycles. The van der Waals surface area contributed by atoms with Crippen LogP contribution in [0.3, 0.4) is 0 Å². The average Bonchev–Trinajstić information content (AvgIpc) is 2.81. The molecule has 0 radical (unpaired) electrons. The lowest BCUT2D eigenvalue weighted by molar-refractivity contribution is -0.0132. The fourth-order valence-corrected chi connectivity index (χ4v) is 2.77. The Hall–Kier alpha value is -0.120. The van der Waals surface area contributed by atoms with Crippen molar-refractivity contribution in [1.82, 2.24) is 5.32 Å². The highest BCUT2D eigenvalue weighted by Crippen LogP contribution is 2.23. The van der Waals surface area contributed by atoms with E-state index < -0.39 is 0 Å². The number of likely N-dealkylation sites (N-methyl/N-ethyl adjacent to an activating group) is 1. The van der Waals surface area contributed by atoms with Crippen molar-refractivity contribution in [2.75, 3.05) is 26.4 Å². The highest BCUT2D eigenvalue weighted by molar-refractivity contribution is 4.81. The SMILES string of the molecule is CCNC1CCCCC1OCC1CCOC1. The van der Waals surface area contributed by atoms with E-state index in [1.54, 1.807) is 0 Å². The molecule has 0 amide bonds. The van der Waals surface area contributed by atoms with Crippen LogP contribution in [0, 0.1) is 5.92 Å². The summed E-state index contributed by atoms with van der Waals surface area (Å²) in [6.07, 6.45) is 6.80. The van der Waals surface area contributed by atoms with Gasteiger partial charge in [0.15, 0.2) is 0 Å². The quantitative estimate of drug-likeness (QED) is 0.779. The fraction of sp³-hybridized carbons (Fsp3) is 1.00. The van der Waals surface area contributed by atoms with Gasteiger partial charge in [-0.1, -0.05) is 19.8 Å². The normalized spacial score (nSPS) is 35.4. The molecule has 3 heteroatoms. The van der Waals surface area contributed by atoms with Gasteiger partial charge in [-0.25, -0.2) is 0 Å². The number of hydrogen-bond acceptors (Lipinski definition) is 3. The second kappa shape index (κ2) is 6.58. The van der Waals surface area contributed by atoms with E-state index in [-0.39, 0.29) is 0 Å². The third-order valence-corrected chi connectivity index (χ3v) is 3.74. The first kappa shape index (κ1) is 12.3. The first-order valence-electron chi connectivity index (χ1n) is 6.83. The third kappa shape index (κ3) is 3.44. The molecule has 2 aliphatic rings. The molecule has 1 heterocycles. The van der Waals surface area contributed by atoms with Gasteiger partial charge in [0.25, 0.3) is 0 Å². The number of rotatable bonds is 5. The van der Waals surface area contributed by atoms with Crippen LogP contribution in [0.15, 0.2) is 0 Å². The predicted octanol–water partition coefficient (Wildman–Crippen LogP) is 1.96. The highest BCUT2D eigenvalue weighted by atomic mass is 16.5. The van der Waals surface area contributed by atoms with E-state index in [2.05, 4.69) is 12.2 Å². The van der Waals surface area contributed by atoms with Gasteiger partial charge in [-0.15, -0.1) is 0 Å². The van der Waals surface area contributed by atoms with Crippen molar-refractivity contribution in [3.05, 3.63) is 0 Å². The van der Waals surface area contributed by atoms with E-state index >= 15 is 0 Å². The largest absolute Gasteiger partial charge is 0.381 e. The van der Waals surface area contributed by atoms with Crippen molar-refractivity contribution < 1.29 is 9.47 Å². The minimum Gasteiger partial charge on any atom is -0.381 e. The maximum atomic E-state index is 6.09. The first-order valence-corrected chi connectivity index (χ1v) is 6.83. The molecule has 0 aromatic heterocycles. The van der Waals surface area contributed by atoms with Gasteiger partial charge < -0.3 is 14.8 Å². The van der Waals surface area contributed by atoms with Crippen LogP contribution >= 0.6 is 0 Å². The minimum atomic E-state index is 0.439. The van der Waals surface area contributed by atoms with Gasteiger partial charge in [-0.05, 0) is 25.8 Å². The molecule has 0 aromatic rings. The summed E-state index contributed by atoms with van der Waals surface area (Å²) in [5.41, 5.74) is 0. The minimum absolute atomic E-state index is 0.439. The van der Waals surface area contributed by atoms with Crippen molar-refractivity contribution in [3.63, 3.8) is 0 Å². The second-order valence-corrected chi connectivity index (χ2v) is 5.05. The van der Waals surface area contributed by atoms with Gasteiger partial charge in [-0.3, -0.25) is 0 Å².